The molecule has 2 fully saturated rings. The van der Waals surface area contributed by atoms with Gasteiger partial charge in [0.25, 0.3) is 0 Å². The highest BCUT2D eigenvalue weighted by Crippen LogP contribution is 2.21. The quantitative estimate of drug-likeness (QED) is 0.725. The average molecular weight is 198 g/mol. The van der Waals surface area contributed by atoms with Crippen LogP contribution < -0.4 is 5.32 Å². The van der Waals surface area contributed by atoms with Crippen LogP contribution in [0.1, 0.15) is 26.7 Å². The molecule has 2 aliphatic rings. The molecular weight excluding hydrogens is 176 g/mol. The van der Waals surface area contributed by atoms with Crippen molar-refractivity contribution in [1.82, 2.24) is 10.2 Å². The van der Waals surface area contributed by atoms with Crippen molar-refractivity contribution in [2.24, 2.45) is 0 Å². The molecule has 3 nitrogen and oxygen atoms in total. The van der Waals surface area contributed by atoms with E-state index in [1.165, 1.54) is 12.8 Å². The third kappa shape index (κ3) is 2.69. The second kappa shape index (κ2) is 4.17. The Morgan fingerprint density at radius 3 is 2.50 bits per heavy atom. The summed E-state index contributed by atoms with van der Waals surface area (Å²) < 4.78 is 5.37. The number of hydrogen-bond donors (Lipinski definition) is 1. The summed E-state index contributed by atoms with van der Waals surface area (Å²) in [5, 5.41) is 3.61. The van der Waals surface area contributed by atoms with Crippen LogP contribution in [0.4, 0.5) is 0 Å². The third-order valence-electron chi connectivity index (χ3n) is 3.27. The van der Waals surface area contributed by atoms with Gasteiger partial charge in [-0.1, -0.05) is 0 Å². The molecule has 1 heterocycles. The van der Waals surface area contributed by atoms with E-state index in [1.807, 2.05) is 0 Å². The van der Waals surface area contributed by atoms with Gasteiger partial charge in [0, 0.05) is 31.2 Å². The normalized spacial score (nSPS) is 25.3. The van der Waals surface area contributed by atoms with Gasteiger partial charge < -0.3 is 10.1 Å². The van der Waals surface area contributed by atoms with E-state index >= 15 is 0 Å². The van der Waals surface area contributed by atoms with Gasteiger partial charge in [-0.25, -0.2) is 0 Å². The van der Waals surface area contributed by atoms with Crippen molar-refractivity contribution in [1.29, 1.82) is 0 Å². The Kier molecular flexibility index (Phi) is 3.10. The Morgan fingerprint density at radius 1 is 1.29 bits per heavy atom. The van der Waals surface area contributed by atoms with Crippen LogP contribution >= 0.6 is 0 Å². The van der Waals surface area contributed by atoms with E-state index in [9.17, 15) is 0 Å². The van der Waals surface area contributed by atoms with E-state index in [-0.39, 0.29) is 5.54 Å². The highest BCUT2D eigenvalue weighted by atomic mass is 16.5. The summed E-state index contributed by atoms with van der Waals surface area (Å²) in [4.78, 5) is 2.53. The topological polar surface area (TPSA) is 24.5 Å². The first-order chi connectivity index (χ1) is 6.68. The zero-order valence-electron chi connectivity index (χ0n) is 9.38. The molecule has 14 heavy (non-hydrogen) atoms. The second-order valence-electron chi connectivity index (χ2n) is 5.07. The summed E-state index contributed by atoms with van der Waals surface area (Å²) >= 11 is 0. The molecule has 0 radical (unpaired) electrons. The number of rotatable bonds is 4. The van der Waals surface area contributed by atoms with Gasteiger partial charge in [-0.3, -0.25) is 4.90 Å². The van der Waals surface area contributed by atoms with Crippen LogP contribution in [0.25, 0.3) is 0 Å². The van der Waals surface area contributed by atoms with Gasteiger partial charge in [-0.05, 0) is 26.7 Å². The van der Waals surface area contributed by atoms with E-state index in [0.29, 0.717) is 0 Å². The minimum Gasteiger partial charge on any atom is -0.379 e. The summed E-state index contributed by atoms with van der Waals surface area (Å²) in [5.74, 6) is 0. The molecule has 0 bridgehead atoms. The van der Waals surface area contributed by atoms with Crippen molar-refractivity contribution >= 4 is 0 Å². The smallest absolute Gasteiger partial charge is 0.0594 e. The van der Waals surface area contributed by atoms with Crippen molar-refractivity contribution < 1.29 is 4.74 Å². The summed E-state index contributed by atoms with van der Waals surface area (Å²) in [6.45, 7) is 9.72. The molecule has 2 rings (SSSR count). The lowest BCUT2D eigenvalue weighted by Gasteiger charge is -2.41. The van der Waals surface area contributed by atoms with E-state index in [0.717, 1.165) is 38.9 Å². The van der Waals surface area contributed by atoms with Crippen LogP contribution in [0.15, 0.2) is 0 Å². The highest BCUT2D eigenvalue weighted by Gasteiger charge is 2.30. The number of nitrogens with one attached hydrogen (secondary N) is 1. The fourth-order valence-corrected chi connectivity index (χ4v) is 1.96. The third-order valence-corrected chi connectivity index (χ3v) is 3.27. The molecule has 82 valence electrons. The van der Waals surface area contributed by atoms with Crippen LogP contribution in [0.3, 0.4) is 0 Å². The zero-order chi connectivity index (χ0) is 10.0. The molecule has 1 saturated carbocycles. The molecule has 0 aromatic rings. The molecule has 1 aliphatic carbocycles. The van der Waals surface area contributed by atoms with E-state index < -0.39 is 0 Å². The molecule has 0 unspecified atom stereocenters. The summed E-state index contributed by atoms with van der Waals surface area (Å²) in [7, 11) is 0. The number of ether oxygens (including phenoxy) is 1. The molecule has 0 spiro atoms. The fourth-order valence-electron chi connectivity index (χ4n) is 1.96. The Labute approximate surface area is 86.8 Å². The Hall–Kier alpha value is -0.120. The van der Waals surface area contributed by atoms with E-state index in [4.69, 9.17) is 4.74 Å². The van der Waals surface area contributed by atoms with Gasteiger partial charge in [0.15, 0.2) is 0 Å². The minimum atomic E-state index is 0.284. The van der Waals surface area contributed by atoms with Gasteiger partial charge in [0.05, 0.1) is 13.2 Å². The lowest BCUT2D eigenvalue weighted by Crippen LogP contribution is -2.54. The Balaban J connectivity index is 1.78. The van der Waals surface area contributed by atoms with E-state index in [1.54, 1.807) is 0 Å². The van der Waals surface area contributed by atoms with Crippen LogP contribution in [0.2, 0.25) is 0 Å². The predicted molar refractivity (Wildman–Crippen MR) is 57.5 cm³/mol. The molecule has 0 amide bonds. The lowest BCUT2D eigenvalue weighted by atomic mass is 10.0. The highest BCUT2D eigenvalue weighted by molar-refractivity contribution is 4.89. The van der Waals surface area contributed by atoms with Crippen molar-refractivity contribution in [3.8, 4) is 0 Å². The molecular formula is C11H22N2O. The number of nitrogens with zero attached hydrogens (tertiary/aromatic N) is 1. The first-order valence-corrected chi connectivity index (χ1v) is 5.75. The maximum absolute atomic E-state index is 5.37. The van der Waals surface area contributed by atoms with Crippen molar-refractivity contribution in [3.63, 3.8) is 0 Å². The van der Waals surface area contributed by atoms with Gasteiger partial charge in [-0.15, -0.1) is 0 Å². The van der Waals surface area contributed by atoms with Crippen LogP contribution in [-0.2, 0) is 4.74 Å². The minimum absolute atomic E-state index is 0.284. The molecule has 0 atom stereocenters. The molecule has 0 aromatic heterocycles. The lowest BCUT2D eigenvalue weighted by molar-refractivity contribution is -0.00967. The Morgan fingerprint density at radius 2 is 1.93 bits per heavy atom. The fraction of sp³-hybridized carbons (Fsp3) is 1.00. The molecule has 1 aliphatic heterocycles. The van der Waals surface area contributed by atoms with Crippen LogP contribution in [0, 0.1) is 0 Å². The first kappa shape index (κ1) is 10.4. The molecule has 1 saturated heterocycles. The summed E-state index contributed by atoms with van der Waals surface area (Å²) in [6.07, 6.45) is 2.75. The summed E-state index contributed by atoms with van der Waals surface area (Å²) in [6, 6.07) is 0.815. The van der Waals surface area contributed by atoms with Crippen LogP contribution in [-0.4, -0.2) is 49.3 Å². The number of morpholine rings is 1. The maximum Gasteiger partial charge on any atom is 0.0594 e. The Bertz CT molecular complexity index is 184. The number of hydrogen-bond acceptors (Lipinski definition) is 3. The van der Waals surface area contributed by atoms with Gasteiger partial charge in [0.2, 0.25) is 0 Å². The van der Waals surface area contributed by atoms with Crippen LogP contribution in [0.5, 0.6) is 0 Å². The monoisotopic (exact) mass is 198 g/mol. The second-order valence-corrected chi connectivity index (χ2v) is 5.07. The van der Waals surface area contributed by atoms with Crippen molar-refractivity contribution in [3.05, 3.63) is 0 Å². The van der Waals surface area contributed by atoms with Gasteiger partial charge >= 0.3 is 0 Å². The average Bonchev–Trinajstić information content (AvgIpc) is 3.00. The largest absolute Gasteiger partial charge is 0.379 e. The van der Waals surface area contributed by atoms with E-state index in [2.05, 4.69) is 24.1 Å². The predicted octanol–water partition coefficient (Wildman–Crippen LogP) is 0.849. The molecule has 1 N–H and O–H groups in total. The van der Waals surface area contributed by atoms with Gasteiger partial charge in [-0.2, -0.15) is 0 Å². The van der Waals surface area contributed by atoms with Crippen molar-refractivity contribution in [2.45, 2.75) is 38.3 Å². The maximum atomic E-state index is 5.37. The first-order valence-electron chi connectivity index (χ1n) is 5.75. The zero-order valence-corrected chi connectivity index (χ0v) is 9.38. The van der Waals surface area contributed by atoms with Gasteiger partial charge in [0.1, 0.15) is 0 Å². The molecule has 3 heteroatoms. The molecule has 0 aromatic carbocycles. The standard InChI is InChI=1S/C11H22N2O/c1-11(2,9-12-10-3-4-10)13-5-7-14-8-6-13/h10,12H,3-9H2,1-2H3. The summed E-state index contributed by atoms with van der Waals surface area (Å²) in [5.41, 5.74) is 0.284. The van der Waals surface area contributed by atoms with Crippen molar-refractivity contribution in [2.75, 3.05) is 32.8 Å². The SMILES string of the molecule is CC(C)(CNC1CC1)N1CCOCC1.